The molecule has 0 saturated carbocycles. The first-order valence-electron chi connectivity index (χ1n) is 6.74. The molecule has 1 N–H and O–H groups in total. The van der Waals surface area contributed by atoms with Gasteiger partial charge in [0.2, 0.25) is 0 Å². The average Bonchev–Trinajstić information content (AvgIpc) is 2.74. The number of anilines is 1. The van der Waals surface area contributed by atoms with Crippen molar-refractivity contribution < 1.29 is 5.11 Å². The largest absolute Gasteiger partial charge is 0.389 e. The Labute approximate surface area is 110 Å². The van der Waals surface area contributed by atoms with Crippen LogP contribution in [0.3, 0.4) is 0 Å². The van der Waals surface area contributed by atoms with Crippen LogP contribution in [0, 0.1) is 5.92 Å². The third-order valence-electron chi connectivity index (χ3n) is 3.82. The minimum atomic E-state index is -0.407. The van der Waals surface area contributed by atoms with Crippen LogP contribution in [-0.4, -0.2) is 43.7 Å². The Kier molecular flexibility index (Phi) is 4.25. The number of nitrogens with zero attached hydrogens (tertiary/aromatic N) is 2. The molecule has 3 heteroatoms. The first-order valence-corrected chi connectivity index (χ1v) is 6.74. The molecule has 2 atom stereocenters. The second-order valence-electron chi connectivity index (χ2n) is 5.53. The van der Waals surface area contributed by atoms with E-state index in [4.69, 9.17) is 0 Å². The Hall–Kier alpha value is -1.06. The Morgan fingerprint density at radius 1 is 1.44 bits per heavy atom. The lowest BCUT2D eigenvalue weighted by molar-refractivity contribution is 0.199. The topological polar surface area (TPSA) is 26.7 Å². The van der Waals surface area contributed by atoms with E-state index in [2.05, 4.69) is 30.0 Å². The summed E-state index contributed by atoms with van der Waals surface area (Å²) in [5.41, 5.74) is 2.17. The standard InChI is InChI=1S/C15H24N2O/c1-12(18)14-6-4-5-7-15(14)17(3)11-13-8-9-16(2)10-13/h4-7,12-13,18H,8-11H2,1-3H3/t12-,13?/m1/s1. The van der Waals surface area contributed by atoms with Gasteiger partial charge in [0.25, 0.3) is 0 Å². The van der Waals surface area contributed by atoms with E-state index < -0.39 is 6.10 Å². The third-order valence-corrected chi connectivity index (χ3v) is 3.82. The van der Waals surface area contributed by atoms with Gasteiger partial charge in [-0.05, 0) is 38.9 Å². The van der Waals surface area contributed by atoms with Gasteiger partial charge < -0.3 is 14.9 Å². The van der Waals surface area contributed by atoms with Crippen LogP contribution in [0.25, 0.3) is 0 Å². The van der Waals surface area contributed by atoms with E-state index in [0.717, 1.165) is 23.7 Å². The zero-order valence-corrected chi connectivity index (χ0v) is 11.6. The molecular weight excluding hydrogens is 224 g/mol. The number of aliphatic hydroxyl groups is 1. The first-order chi connectivity index (χ1) is 8.58. The molecule has 1 heterocycles. The third kappa shape index (κ3) is 3.03. The van der Waals surface area contributed by atoms with E-state index in [1.807, 2.05) is 25.1 Å². The van der Waals surface area contributed by atoms with Gasteiger partial charge in [-0.25, -0.2) is 0 Å². The maximum absolute atomic E-state index is 9.82. The number of rotatable bonds is 4. The van der Waals surface area contributed by atoms with Gasteiger partial charge >= 0.3 is 0 Å². The highest BCUT2D eigenvalue weighted by Crippen LogP contribution is 2.27. The summed E-state index contributed by atoms with van der Waals surface area (Å²) in [5, 5.41) is 9.82. The molecule has 1 aromatic carbocycles. The van der Waals surface area contributed by atoms with Crippen LogP contribution in [0.4, 0.5) is 5.69 Å². The van der Waals surface area contributed by atoms with E-state index in [-0.39, 0.29) is 0 Å². The molecule has 0 aliphatic carbocycles. The maximum Gasteiger partial charge on any atom is 0.0781 e. The Morgan fingerprint density at radius 3 is 2.78 bits per heavy atom. The first kappa shape index (κ1) is 13.4. The van der Waals surface area contributed by atoms with E-state index in [0.29, 0.717) is 0 Å². The fourth-order valence-corrected chi connectivity index (χ4v) is 2.85. The van der Waals surface area contributed by atoms with Crippen LogP contribution in [0.5, 0.6) is 0 Å². The molecule has 0 radical (unpaired) electrons. The highest BCUT2D eigenvalue weighted by Gasteiger charge is 2.21. The van der Waals surface area contributed by atoms with Gasteiger partial charge in [-0.3, -0.25) is 0 Å². The number of para-hydroxylation sites is 1. The molecule has 1 fully saturated rings. The Balaban J connectivity index is 2.06. The molecule has 1 unspecified atom stereocenters. The Bertz CT molecular complexity index is 392. The van der Waals surface area contributed by atoms with Crippen molar-refractivity contribution >= 4 is 5.69 Å². The highest BCUT2D eigenvalue weighted by atomic mass is 16.3. The lowest BCUT2D eigenvalue weighted by Crippen LogP contribution is -2.28. The molecule has 18 heavy (non-hydrogen) atoms. The molecule has 1 saturated heterocycles. The minimum Gasteiger partial charge on any atom is -0.389 e. The molecule has 0 spiro atoms. The monoisotopic (exact) mass is 248 g/mol. The zero-order valence-electron chi connectivity index (χ0n) is 11.6. The van der Waals surface area contributed by atoms with Gasteiger partial charge in [-0.1, -0.05) is 18.2 Å². The van der Waals surface area contributed by atoms with E-state index in [1.165, 1.54) is 19.5 Å². The van der Waals surface area contributed by atoms with Crippen LogP contribution in [-0.2, 0) is 0 Å². The molecule has 1 aliphatic heterocycles. The van der Waals surface area contributed by atoms with E-state index in [1.54, 1.807) is 0 Å². The summed E-state index contributed by atoms with van der Waals surface area (Å²) in [6.45, 7) is 5.28. The van der Waals surface area contributed by atoms with Crippen LogP contribution in [0.1, 0.15) is 25.0 Å². The van der Waals surface area contributed by atoms with Crippen molar-refractivity contribution in [3.63, 3.8) is 0 Å². The summed E-state index contributed by atoms with van der Waals surface area (Å²) >= 11 is 0. The fraction of sp³-hybridized carbons (Fsp3) is 0.600. The normalized spacial score (nSPS) is 22.1. The van der Waals surface area contributed by atoms with Gasteiger partial charge in [0.1, 0.15) is 0 Å². The molecule has 2 rings (SSSR count). The van der Waals surface area contributed by atoms with Crippen LogP contribution >= 0.6 is 0 Å². The summed E-state index contributed by atoms with van der Waals surface area (Å²) in [6, 6.07) is 8.14. The predicted molar refractivity (Wildman–Crippen MR) is 75.9 cm³/mol. The van der Waals surface area contributed by atoms with Gasteiger partial charge in [0.05, 0.1) is 6.10 Å². The SMILES string of the molecule is C[C@@H](O)c1ccccc1N(C)CC1CCN(C)C1. The summed E-state index contributed by atoms with van der Waals surface area (Å²) in [4.78, 5) is 4.67. The summed E-state index contributed by atoms with van der Waals surface area (Å²) in [5.74, 6) is 0.738. The average molecular weight is 248 g/mol. The highest BCUT2D eigenvalue weighted by molar-refractivity contribution is 5.54. The molecule has 0 aromatic heterocycles. The maximum atomic E-state index is 9.82. The molecule has 0 amide bonds. The van der Waals surface area contributed by atoms with Gasteiger partial charge in [0, 0.05) is 31.4 Å². The summed E-state index contributed by atoms with van der Waals surface area (Å²) in [7, 11) is 4.31. The van der Waals surface area contributed by atoms with Crippen molar-refractivity contribution in [3.05, 3.63) is 29.8 Å². The van der Waals surface area contributed by atoms with Crippen molar-refractivity contribution in [3.8, 4) is 0 Å². The summed E-state index contributed by atoms with van der Waals surface area (Å²) in [6.07, 6.45) is 0.868. The van der Waals surface area contributed by atoms with Crippen molar-refractivity contribution in [2.75, 3.05) is 38.6 Å². The van der Waals surface area contributed by atoms with Crippen LogP contribution < -0.4 is 4.90 Å². The molecule has 1 aromatic rings. The Morgan fingerprint density at radius 2 is 2.17 bits per heavy atom. The van der Waals surface area contributed by atoms with Gasteiger partial charge in [0.15, 0.2) is 0 Å². The molecule has 0 bridgehead atoms. The van der Waals surface area contributed by atoms with Crippen molar-refractivity contribution in [1.82, 2.24) is 4.90 Å². The number of benzene rings is 1. The molecule has 3 nitrogen and oxygen atoms in total. The lowest BCUT2D eigenvalue weighted by Gasteiger charge is -2.26. The number of likely N-dealkylation sites (tertiary alicyclic amines) is 1. The van der Waals surface area contributed by atoms with Gasteiger partial charge in [-0.2, -0.15) is 0 Å². The van der Waals surface area contributed by atoms with Crippen molar-refractivity contribution in [2.24, 2.45) is 5.92 Å². The fourth-order valence-electron chi connectivity index (χ4n) is 2.85. The van der Waals surface area contributed by atoms with Crippen molar-refractivity contribution in [2.45, 2.75) is 19.4 Å². The minimum absolute atomic E-state index is 0.407. The number of hydrogen-bond donors (Lipinski definition) is 1. The lowest BCUT2D eigenvalue weighted by atomic mass is 10.0. The molecule has 1 aliphatic rings. The number of aliphatic hydroxyl groups excluding tert-OH is 1. The second-order valence-corrected chi connectivity index (χ2v) is 5.53. The van der Waals surface area contributed by atoms with Crippen LogP contribution in [0.2, 0.25) is 0 Å². The zero-order chi connectivity index (χ0) is 13.1. The predicted octanol–water partition coefficient (Wildman–Crippen LogP) is 2.13. The van der Waals surface area contributed by atoms with Crippen molar-refractivity contribution in [1.29, 1.82) is 0 Å². The van der Waals surface area contributed by atoms with Gasteiger partial charge in [-0.15, -0.1) is 0 Å². The van der Waals surface area contributed by atoms with E-state index in [9.17, 15) is 5.11 Å². The van der Waals surface area contributed by atoms with E-state index >= 15 is 0 Å². The molecule has 100 valence electrons. The molecular formula is C15H24N2O. The second kappa shape index (κ2) is 5.72. The quantitative estimate of drug-likeness (QED) is 0.884. The summed E-state index contributed by atoms with van der Waals surface area (Å²) < 4.78 is 0. The smallest absolute Gasteiger partial charge is 0.0781 e. The van der Waals surface area contributed by atoms with Crippen LogP contribution in [0.15, 0.2) is 24.3 Å². The number of hydrogen-bond acceptors (Lipinski definition) is 3.